The van der Waals surface area contributed by atoms with E-state index < -0.39 is 0 Å². The highest BCUT2D eigenvalue weighted by Gasteiger charge is 2.14. The lowest BCUT2D eigenvalue weighted by Gasteiger charge is -2.14. The monoisotopic (exact) mass is 273 g/mol. The lowest BCUT2D eigenvalue weighted by Crippen LogP contribution is -2.06. The van der Waals surface area contributed by atoms with Crippen LogP contribution in [0.4, 0.5) is 5.69 Å². The smallest absolute Gasteiger partial charge is 0.165 e. The molecule has 2 N–H and O–H groups in total. The van der Waals surface area contributed by atoms with Crippen LogP contribution in [0.5, 0.6) is 0 Å². The molecule has 1 aromatic carbocycles. The maximum atomic E-state index is 6.00. The normalized spacial score (nSPS) is 12.7. The zero-order valence-corrected chi connectivity index (χ0v) is 11.0. The van der Waals surface area contributed by atoms with Gasteiger partial charge in [-0.15, -0.1) is 0 Å². The van der Waals surface area contributed by atoms with Crippen LogP contribution < -0.4 is 5.73 Å². The van der Waals surface area contributed by atoms with Crippen LogP contribution in [0.15, 0.2) is 36.9 Å². The van der Waals surface area contributed by atoms with E-state index in [4.69, 9.17) is 17.3 Å². The molecule has 0 aliphatic carbocycles. The van der Waals surface area contributed by atoms with Crippen LogP contribution in [0.1, 0.15) is 18.5 Å². The summed E-state index contributed by atoms with van der Waals surface area (Å²) in [7, 11) is 0. The fraction of sp³-hybridized carbons (Fsp3) is 0.154. The maximum absolute atomic E-state index is 6.00. The second-order valence-corrected chi connectivity index (χ2v) is 4.69. The largest absolute Gasteiger partial charge is 0.399 e. The molecule has 6 heteroatoms. The van der Waals surface area contributed by atoms with Gasteiger partial charge in [-0.3, -0.25) is 0 Å². The van der Waals surface area contributed by atoms with E-state index in [1.807, 2.05) is 28.8 Å². The van der Waals surface area contributed by atoms with Gasteiger partial charge in [0.2, 0.25) is 0 Å². The summed E-state index contributed by atoms with van der Waals surface area (Å²) in [5.74, 6) is 0. The van der Waals surface area contributed by atoms with Crippen molar-refractivity contribution < 1.29 is 0 Å². The third kappa shape index (κ3) is 2.02. The zero-order chi connectivity index (χ0) is 13.4. The lowest BCUT2D eigenvalue weighted by atomic mass is 10.1. The number of hydrogen-bond donors (Lipinski definition) is 1. The Labute approximate surface area is 115 Å². The highest BCUT2D eigenvalue weighted by Crippen LogP contribution is 2.24. The summed E-state index contributed by atoms with van der Waals surface area (Å²) in [6.45, 7) is 2.07. The van der Waals surface area contributed by atoms with E-state index in [1.165, 1.54) is 6.33 Å². The van der Waals surface area contributed by atoms with E-state index in [0.29, 0.717) is 10.7 Å². The van der Waals surface area contributed by atoms with Crippen molar-refractivity contribution in [2.24, 2.45) is 0 Å². The molecule has 1 atom stereocenters. The number of fused-ring (bicyclic) bond motifs is 1. The van der Waals surface area contributed by atoms with Crippen LogP contribution >= 0.6 is 11.6 Å². The number of halogens is 1. The molecule has 0 saturated heterocycles. The SMILES string of the molecule is CC(c1ccc(N)cc1)n1cnc2c(Cl)ncnc21. The van der Waals surface area contributed by atoms with Gasteiger partial charge < -0.3 is 10.3 Å². The average Bonchev–Trinajstić information content (AvgIpc) is 2.84. The molecule has 5 nitrogen and oxygen atoms in total. The van der Waals surface area contributed by atoms with Gasteiger partial charge in [-0.1, -0.05) is 23.7 Å². The second kappa shape index (κ2) is 4.51. The van der Waals surface area contributed by atoms with Crippen molar-refractivity contribution in [2.45, 2.75) is 13.0 Å². The quantitative estimate of drug-likeness (QED) is 0.576. The molecule has 19 heavy (non-hydrogen) atoms. The minimum atomic E-state index is 0.0940. The first kappa shape index (κ1) is 11.9. The summed E-state index contributed by atoms with van der Waals surface area (Å²) < 4.78 is 1.97. The zero-order valence-electron chi connectivity index (χ0n) is 10.3. The van der Waals surface area contributed by atoms with Crippen LogP contribution in [0, 0.1) is 0 Å². The number of anilines is 1. The molecule has 0 radical (unpaired) electrons. The predicted octanol–water partition coefficient (Wildman–Crippen LogP) is 2.67. The molecular formula is C13H12ClN5. The van der Waals surface area contributed by atoms with Crippen LogP contribution in [-0.2, 0) is 0 Å². The minimum Gasteiger partial charge on any atom is -0.399 e. The number of hydrogen-bond acceptors (Lipinski definition) is 4. The molecule has 0 fully saturated rings. The number of rotatable bonds is 2. The standard InChI is InChI=1S/C13H12ClN5/c1-8(9-2-4-10(15)5-3-9)19-7-18-11-12(14)16-6-17-13(11)19/h2-8H,15H2,1H3. The summed E-state index contributed by atoms with van der Waals surface area (Å²) in [5.41, 5.74) is 8.92. The number of benzene rings is 1. The van der Waals surface area contributed by atoms with E-state index in [2.05, 4.69) is 21.9 Å². The van der Waals surface area contributed by atoms with Crippen molar-refractivity contribution in [1.29, 1.82) is 0 Å². The first-order valence-corrected chi connectivity index (χ1v) is 6.23. The molecule has 1 unspecified atom stereocenters. The van der Waals surface area contributed by atoms with Crippen molar-refractivity contribution in [3.8, 4) is 0 Å². The van der Waals surface area contributed by atoms with Crippen molar-refractivity contribution in [3.63, 3.8) is 0 Å². The fourth-order valence-corrected chi connectivity index (χ4v) is 2.22. The summed E-state index contributed by atoms with van der Waals surface area (Å²) in [4.78, 5) is 12.4. The number of nitrogen functional groups attached to an aromatic ring is 1. The van der Waals surface area contributed by atoms with Crippen LogP contribution in [0.3, 0.4) is 0 Å². The van der Waals surface area contributed by atoms with Gasteiger partial charge in [0.15, 0.2) is 10.8 Å². The molecule has 3 aromatic rings. The van der Waals surface area contributed by atoms with Crippen molar-refractivity contribution in [1.82, 2.24) is 19.5 Å². The number of nitrogens with zero attached hydrogens (tertiary/aromatic N) is 4. The summed E-state index contributed by atoms with van der Waals surface area (Å²) in [5, 5.41) is 0.369. The average molecular weight is 274 g/mol. The van der Waals surface area contributed by atoms with Gasteiger partial charge in [0.05, 0.1) is 12.4 Å². The minimum absolute atomic E-state index is 0.0940. The molecule has 0 amide bonds. The van der Waals surface area contributed by atoms with E-state index in [0.717, 1.165) is 16.9 Å². The van der Waals surface area contributed by atoms with Crippen LogP contribution in [-0.4, -0.2) is 19.5 Å². The van der Waals surface area contributed by atoms with Crippen molar-refractivity contribution in [3.05, 3.63) is 47.6 Å². The van der Waals surface area contributed by atoms with Gasteiger partial charge in [-0.05, 0) is 24.6 Å². The maximum Gasteiger partial charge on any atom is 0.165 e. The first-order chi connectivity index (χ1) is 9.16. The van der Waals surface area contributed by atoms with E-state index in [1.54, 1.807) is 6.33 Å². The molecule has 0 aliphatic heterocycles. The predicted molar refractivity (Wildman–Crippen MR) is 75.0 cm³/mol. The van der Waals surface area contributed by atoms with Crippen LogP contribution in [0.25, 0.3) is 11.2 Å². The van der Waals surface area contributed by atoms with Gasteiger partial charge in [-0.2, -0.15) is 0 Å². The Hall–Kier alpha value is -2.14. The van der Waals surface area contributed by atoms with E-state index in [-0.39, 0.29) is 6.04 Å². The summed E-state index contributed by atoms with van der Waals surface area (Å²) in [6, 6.07) is 7.85. The number of aromatic nitrogens is 4. The van der Waals surface area contributed by atoms with Gasteiger partial charge in [-0.25, -0.2) is 15.0 Å². The number of nitrogens with two attached hydrogens (primary N) is 1. The number of imidazole rings is 1. The molecule has 0 bridgehead atoms. The second-order valence-electron chi connectivity index (χ2n) is 4.33. The third-order valence-corrected chi connectivity index (χ3v) is 3.43. The molecule has 0 saturated carbocycles. The van der Waals surface area contributed by atoms with Crippen molar-refractivity contribution in [2.75, 3.05) is 5.73 Å². The molecule has 2 heterocycles. The Bertz CT molecular complexity index is 719. The van der Waals surface area contributed by atoms with Crippen LogP contribution in [0.2, 0.25) is 5.15 Å². The van der Waals surface area contributed by atoms with Gasteiger partial charge >= 0.3 is 0 Å². The Morgan fingerprint density at radius 1 is 1.16 bits per heavy atom. The molecule has 0 aliphatic rings. The fourth-order valence-electron chi connectivity index (χ4n) is 2.04. The summed E-state index contributed by atoms with van der Waals surface area (Å²) in [6.07, 6.45) is 3.17. The van der Waals surface area contributed by atoms with E-state index in [9.17, 15) is 0 Å². The van der Waals surface area contributed by atoms with E-state index >= 15 is 0 Å². The van der Waals surface area contributed by atoms with Gasteiger partial charge in [0.1, 0.15) is 11.8 Å². The highest BCUT2D eigenvalue weighted by atomic mass is 35.5. The Morgan fingerprint density at radius 3 is 2.63 bits per heavy atom. The topological polar surface area (TPSA) is 69.6 Å². The Morgan fingerprint density at radius 2 is 1.89 bits per heavy atom. The van der Waals surface area contributed by atoms with Gasteiger partial charge in [0, 0.05) is 5.69 Å². The highest BCUT2D eigenvalue weighted by molar-refractivity contribution is 6.33. The van der Waals surface area contributed by atoms with Gasteiger partial charge in [0.25, 0.3) is 0 Å². The summed E-state index contributed by atoms with van der Waals surface area (Å²) >= 11 is 6.00. The third-order valence-electron chi connectivity index (χ3n) is 3.15. The Kier molecular flexibility index (Phi) is 2.83. The molecule has 0 spiro atoms. The molecule has 2 aromatic heterocycles. The lowest BCUT2D eigenvalue weighted by molar-refractivity contribution is 0.652. The molecule has 96 valence electrons. The van der Waals surface area contributed by atoms with Crippen molar-refractivity contribution >= 4 is 28.5 Å². The first-order valence-electron chi connectivity index (χ1n) is 5.85. The molecule has 3 rings (SSSR count). The molecular weight excluding hydrogens is 262 g/mol. The Balaban J connectivity index is 2.09.